The lowest BCUT2D eigenvalue weighted by Gasteiger charge is -2.03. The number of hydrogen-bond donors (Lipinski definition) is 1. The first-order valence-corrected chi connectivity index (χ1v) is 6.15. The fourth-order valence-corrected chi connectivity index (χ4v) is 2.12. The third kappa shape index (κ3) is 2.60. The summed E-state index contributed by atoms with van der Waals surface area (Å²) in [5.41, 5.74) is 1.50. The van der Waals surface area contributed by atoms with Crippen LogP contribution in [0.25, 0.3) is 0 Å². The van der Waals surface area contributed by atoms with Gasteiger partial charge in [0.1, 0.15) is 11.4 Å². The fraction of sp³-hybridized carbons (Fsp3) is 0.167. The fourth-order valence-electron chi connectivity index (χ4n) is 1.37. The highest BCUT2D eigenvalue weighted by Crippen LogP contribution is 2.17. The summed E-state index contributed by atoms with van der Waals surface area (Å²) in [6.45, 7) is 3.24. The average Bonchev–Trinajstić information content (AvgIpc) is 2.78. The molecule has 2 rings (SSSR count). The van der Waals surface area contributed by atoms with Crippen molar-refractivity contribution in [2.45, 2.75) is 13.8 Å². The first-order chi connectivity index (χ1) is 8.58. The van der Waals surface area contributed by atoms with E-state index in [1.807, 2.05) is 13.0 Å². The van der Waals surface area contributed by atoms with Crippen molar-refractivity contribution in [3.63, 3.8) is 0 Å². The van der Waals surface area contributed by atoms with Crippen LogP contribution in [-0.2, 0) is 0 Å². The molecule has 2 aromatic rings. The number of carbonyl (C=O) groups excluding carboxylic acids is 2. The van der Waals surface area contributed by atoms with Gasteiger partial charge in [-0.25, -0.2) is 4.98 Å². The molecule has 0 bridgehead atoms. The number of hydrogen-bond acceptors (Lipinski definition) is 5. The van der Waals surface area contributed by atoms with E-state index < -0.39 is 0 Å². The van der Waals surface area contributed by atoms with E-state index in [0.717, 1.165) is 5.56 Å². The number of carbonyl (C=O) groups is 2. The van der Waals surface area contributed by atoms with Crippen LogP contribution in [0.2, 0.25) is 0 Å². The quantitative estimate of drug-likeness (QED) is 0.860. The number of ketones is 1. The normalized spacial score (nSPS) is 10.1. The molecule has 2 aromatic heterocycles. The molecule has 0 unspecified atom stereocenters. The summed E-state index contributed by atoms with van der Waals surface area (Å²) in [6.07, 6.45) is 1.56. The number of aryl methyl sites for hydroxylation is 1. The summed E-state index contributed by atoms with van der Waals surface area (Å²) in [5.74, 6) is -0.446. The van der Waals surface area contributed by atoms with E-state index in [2.05, 4.69) is 15.3 Å². The zero-order valence-corrected chi connectivity index (χ0v) is 10.7. The highest BCUT2D eigenvalue weighted by atomic mass is 32.1. The first-order valence-electron chi connectivity index (χ1n) is 5.27. The average molecular weight is 261 g/mol. The minimum Gasteiger partial charge on any atom is -0.296 e. The van der Waals surface area contributed by atoms with Crippen molar-refractivity contribution in [1.82, 2.24) is 9.97 Å². The van der Waals surface area contributed by atoms with E-state index in [1.54, 1.807) is 17.6 Å². The Morgan fingerprint density at radius 3 is 2.78 bits per heavy atom. The van der Waals surface area contributed by atoms with Crippen molar-refractivity contribution in [2.75, 3.05) is 5.32 Å². The van der Waals surface area contributed by atoms with E-state index in [1.165, 1.54) is 18.3 Å². The Bertz CT molecular complexity index is 607. The molecular formula is C12H11N3O2S. The summed E-state index contributed by atoms with van der Waals surface area (Å²) in [5, 5.41) is 4.64. The Hall–Kier alpha value is -2.08. The van der Waals surface area contributed by atoms with Crippen LogP contribution in [0.1, 0.15) is 33.5 Å². The molecule has 0 aromatic carbocycles. The Morgan fingerprint density at radius 2 is 2.17 bits per heavy atom. The molecule has 0 radical (unpaired) electrons. The number of Topliss-reactive ketones (excluding diaryl/α,β-unsaturated/α-hetero) is 1. The van der Waals surface area contributed by atoms with E-state index in [9.17, 15) is 9.59 Å². The topological polar surface area (TPSA) is 72.0 Å². The summed E-state index contributed by atoms with van der Waals surface area (Å²) in [4.78, 5) is 31.0. The molecule has 1 amide bonds. The standard InChI is InChI=1S/C12H11N3O2S/c1-7-4-3-5-13-10(7)11(17)15-12-14-9(6-18-12)8(2)16/h3-6H,1-2H3,(H,14,15,17). The van der Waals surface area contributed by atoms with Gasteiger partial charge >= 0.3 is 0 Å². The molecule has 1 N–H and O–H groups in total. The van der Waals surface area contributed by atoms with Gasteiger partial charge in [-0.15, -0.1) is 11.3 Å². The largest absolute Gasteiger partial charge is 0.296 e. The number of nitrogens with one attached hydrogen (secondary N) is 1. The molecule has 0 saturated carbocycles. The van der Waals surface area contributed by atoms with Crippen molar-refractivity contribution in [1.29, 1.82) is 0 Å². The molecule has 0 aliphatic heterocycles. The first kappa shape index (κ1) is 12.4. The van der Waals surface area contributed by atoms with Crippen LogP contribution < -0.4 is 5.32 Å². The van der Waals surface area contributed by atoms with Gasteiger partial charge in [0.15, 0.2) is 10.9 Å². The van der Waals surface area contributed by atoms with Crippen LogP contribution >= 0.6 is 11.3 Å². The van der Waals surface area contributed by atoms with Crippen LogP contribution in [0.15, 0.2) is 23.7 Å². The number of nitrogens with zero attached hydrogens (tertiary/aromatic N) is 2. The van der Waals surface area contributed by atoms with Crippen LogP contribution in [0.5, 0.6) is 0 Å². The molecule has 0 fully saturated rings. The second-order valence-corrected chi connectivity index (χ2v) is 4.58. The SMILES string of the molecule is CC(=O)c1csc(NC(=O)c2ncccc2C)n1. The monoisotopic (exact) mass is 261 g/mol. The number of anilines is 1. The maximum Gasteiger partial charge on any atom is 0.276 e. The van der Waals surface area contributed by atoms with Crippen LogP contribution in [0, 0.1) is 6.92 Å². The maximum absolute atomic E-state index is 11.9. The molecule has 2 heterocycles. The highest BCUT2D eigenvalue weighted by molar-refractivity contribution is 7.14. The Kier molecular flexibility index (Phi) is 3.47. The lowest BCUT2D eigenvalue weighted by Crippen LogP contribution is -2.15. The van der Waals surface area contributed by atoms with Gasteiger partial charge in [-0.2, -0.15) is 0 Å². The molecular weight excluding hydrogens is 250 g/mol. The maximum atomic E-state index is 11.9. The highest BCUT2D eigenvalue weighted by Gasteiger charge is 2.13. The van der Waals surface area contributed by atoms with Gasteiger partial charge in [0.2, 0.25) is 0 Å². The summed E-state index contributed by atoms with van der Waals surface area (Å²) >= 11 is 1.22. The number of amides is 1. The van der Waals surface area contributed by atoms with Gasteiger partial charge in [-0.1, -0.05) is 6.07 Å². The Balaban J connectivity index is 2.16. The summed E-state index contributed by atoms with van der Waals surface area (Å²) < 4.78 is 0. The van der Waals surface area contributed by atoms with Crippen LogP contribution in [-0.4, -0.2) is 21.7 Å². The van der Waals surface area contributed by atoms with Crippen molar-refractivity contribution >= 4 is 28.2 Å². The second-order valence-electron chi connectivity index (χ2n) is 3.72. The van der Waals surface area contributed by atoms with Crippen LogP contribution in [0.3, 0.4) is 0 Å². The number of pyridine rings is 1. The summed E-state index contributed by atoms with van der Waals surface area (Å²) in [7, 11) is 0. The van der Waals surface area contributed by atoms with Crippen molar-refractivity contribution in [3.05, 3.63) is 40.7 Å². The molecule has 6 heteroatoms. The van der Waals surface area contributed by atoms with Gasteiger partial charge in [0.25, 0.3) is 5.91 Å². The molecule has 0 atom stereocenters. The lowest BCUT2D eigenvalue weighted by molar-refractivity contribution is 0.100. The predicted octanol–water partition coefficient (Wildman–Crippen LogP) is 2.30. The number of rotatable bonds is 3. The molecule has 5 nitrogen and oxygen atoms in total. The van der Waals surface area contributed by atoms with Gasteiger partial charge in [0.05, 0.1) is 0 Å². The van der Waals surface area contributed by atoms with Gasteiger partial charge in [-0.3, -0.25) is 19.9 Å². The molecule has 0 aliphatic carbocycles. The molecule has 0 aliphatic rings. The van der Waals surface area contributed by atoms with E-state index in [0.29, 0.717) is 16.5 Å². The Morgan fingerprint density at radius 1 is 1.39 bits per heavy atom. The van der Waals surface area contributed by atoms with Crippen LogP contribution in [0.4, 0.5) is 5.13 Å². The molecule has 18 heavy (non-hydrogen) atoms. The minimum absolute atomic E-state index is 0.124. The Labute approximate surface area is 108 Å². The zero-order chi connectivity index (χ0) is 13.1. The lowest BCUT2D eigenvalue weighted by atomic mass is 10.2. The van der Waals surface area contributed by atoms with Crippen molar-refractivity contribution in [2.24, 2.45) is 0 Å². The van der Waals surface area contributed by atoms with Crippen molar-refractivity contribution in [3.8, 4) is 0 Å². The smallest absolute Gasteiger partial charge is 0.276 e. The predicted molar refractivity (Wildman–Crippen MR) is 69.0 cm³/mol. The van der Waals surface area contributed by atoms with E-state index >= 15 is 0 Å². The molecule has 92 valence electrons. The molecule has 0 spiro atoms. The summed E-state index contributed by atoms with van der Waals surface area (Å²) in [6, 6.07) is 3.58. The third-order valence-corrected chi connectivity index (χ3v) is 3.07. The van der Waals surface area contributed by atoms with Gasteiger partial charge < -0.3 is 0 Å². The van der Waals surface area contributed by atoms with Crippen molar-refractivity contribution < 1.29 is 9.59 Å². The number of thiazole rings is 1. The third-order valence-electron chi connectivity index (χ3n) is 2.31. The van der Waals surface area contributed by atoms with Gasteiger partial charge in [-0.05, 0) is 18.6 Å². The van der Waals surface area contributed by atoms with E-state index in [-0.39, 0.29) is 11.7 Å². The van der Waals surface area contributed by atoms with Gasteiger partial charge in [0, 0.05) is 18.5 Å². The zero-order valence-electron chi connectivity index (χ0n) is 9.93. The minimum atomic E-state index is -0.322. The van der Waals surface area contributed by atoms with E-state index in [4.69, 9.17) is 0 Å². The second kappa shape index (κ2) is 5.05. The number of aromatic nitrogens is 2. The molecule has 0 saturated heterocycles.